The molecule has 0 aliphatic rings. The number of carbonyl (C=O) groups excluding carboxylic acids is 1. The van der Waals surface area contributed by atoms with Crippen molar-refractivity contribution in [3.63, 3.8) is 0 Å². The summed E-state index contributed by atoms with van der Waals surface area (Å²) >= 11 is 5.83. The normalized spacial score (nSPS) is 10.3. The van der Waals surface area contributed by atoms with Crippen molar-refractivity contribution in [3.05, 3.63) is 58.6 Å². The van der Waals surface area contributed by atoms with Crippen molar-refractivity contribution in [1.29, 1.82) is 0 Å². The van der Waals surface area contributed by atoms with Crippen LogP contribution in [0.1, 0.15) is 5.56 Å². The predicted octanol–water partition coefficient (Wildman–Crippen LogP) is 3.98. The zero-order chi connectivity index (χ0) is 15.4. The van der Waals surface area contributed by atoms with Gasteiger partial charge in [0.15, 0.2) is 0 Å². The van der Waals surface area contributed by atoms with Crippen LogP contribution >= 0.6 is 11.6 Å². The Bertz CT molecular complexity index is 677. The van der Waals surface area contributed by atoms with Gasteiger partial charge in [-0.3, -0.25) is 4.79 Å². The zero-order valence-corrected chi connectivity index (χ0v) is 12.0. The molecule has 6 heteroatoms. The van der Waals surface area contributed by atoms with E-state index in [0.717, 1.165) is 17.7 Å². The maximum absolute atomic E-state index is 13.4. The van der Waals surface area contributed by atoms with Gasteiger partial charge in [0, 0.05) is 16.8 Å². The Labute approximate surface area is 125 Å². The number of amides is 1. The molecular weight excluding hydrogens is 298 g/mol. The highest BCUT2D eigenvalue weighted by atomic mass is 35.5. The van der Waals surface area contributed by atoms with E-state index < -0.39 is 11.6 Å². The van der Waals surface area contributed by atoms with Crippen molar-refractivity contribution in [1.82, 2.24) is 0 Å². The maximum Gasteiger partial charge on any atom is 0.243 e. The average molecular weight is 311 g/mol. The van der Waals surface area contributed by atoms with E-state index in [1.54, 1.807) is 18.2 Å². The number of hydrogen-bond donors (Lipinski definition) is 2. The third-order valence-corrected chi connectivity index (χ3v) is 3.07. The van der Waals surface area contributed by atoms with Gasteiger partial charge in [-0.2, -0.15) is 0 Å². The molecule has 21 heavy (non-hydrogen) atoms. The molecule has 110 valence electrons. The van der Waals surface area contributed by atoms with E-state index in [9.17, 15) is 13.6 Å². The lowest BCUT2D eigenvalue weighted by molar-refractivity contribution is -0.114. The van der Waals surface area contributed by atoms with Crippen LogP contribution in [0.5, 0.6) is 0 Å². The molecular formula is C15H13ClF2N2O. The molecule has 0 spiro atoms. The SMILES string of the molecule is Cc1cc(Cl)ccc1NC(=O)CNc1ccc(F)cc1F. The second kappa shape index (κ2) is 6.54. The molecule has 0 bridgehead atoms. The minimum Gasteiger partial charge on any atom is -0.374 e. The van der Waals surface area contributed by atoms with Crippen molar-refractivity contribution >= 4 is 28.9 Å². The molecule has 2 rings (SSSR count). The van der Waals surface area contributed by atoms with Crippen molar-refractivity contribution in [2.45, 2.75) is 6.92 Å². The molecule has 0 aliphatic carbocycles. The van der Waals surface area contributed by atoms with Gasteiger partial charge in [0.2, 0.25) is 5.91 Å². The van der Waals surface area contributed by atoms with Crippen LogP contribution in [0.4, 0.5) is 20.2 Å². The highest BCUT2D eigenvalue weighted by Crippen LogP contribution is 2.19. The fourth-order valence-electron chi connectivity index (χ4n) is 1.77. The van der Waals surface area contributed by atoms with E-state index in [2.05, 4.69) is 10.6 Å². The maximum atomic E-state index is 13.4. The number of aryl methyl sites for hydroxylation is 1. The number of anilines is 2. The largest absolute Gasteiger partial charge is 0.374 e. The lowest BCUT2D eigenvalue weighted by Gasteiger charge is -2.10. The van der Waals surface area contributed by atoms with E-state index in [4.69, 9.17) is 11.6 Å². The van der Waals surface area contributed by atoms with Crippen LogP contribution in [-0.4, -0.2) is 12.5 Å². The summed E-state index contributed by atoms with van der Waals surface area (Å²) in [5, 5.41) is 5.87. The highest BCUT2D eigenvalue weighted by Gasteiger charge is 2.08. The Kier molecular flexibility index (Phi) is 4.75. The minimum absolute atomic E-state index is 0.0689. The van der Waals surface area contributed by atoms with Crippen LogP contribution in [-0.2, 0) is 4.79 Å². The molecule has 0 aromatic heterocycles. The lowest BCUT2D eigenvalue weighted by Crippen LogP contribution is -2.22. The Balaban J connectivity index is 1.96. The number of halogens is 3. The van der Waals surface area contributed by atoms with Gasteiger partial charge in [-0.1, -0.05) is 11.6 Å². The molecule has 0 saturated carbocycles. The summed E-state index contributed by atoms with van der Waals surface area (Å²) in [5.41, 5.74) is 1.52. The van der Waals surface area contributed by atoms with E-state index in [0.29, 0.717) is 10.7 Å². The van der Waals surface area contributed by atoms with E-state index in [1.807, 2.05) is 6.92 Å². The quantitative estimate of drug-likeness (QED) is 0.897. The molecule has 0 radical (unpaired) electrons. The number of rotatable bonds is 4. The molecule has 2 N–H and O–H groups in total. The van der Waals surface area contributed by atoms with E-state index >= 15 is 0 Å². The van der Waals surface area contributed by atoms with Gasteiger partial charge in [0.25, 0.3) is 0 Å². The van der Waals surface area contributed by atoms with Gasteiger partial charge >= 0.3 is 0 Å². The third-order valence-electron chi connectivity index (χ3n) is 2.83. The molecule has 0 heterocycles. The molecule has 0 aliphatic heterocycles. The summed E-state index contributed by atoms with van der Waals surface area (Å²) in [5.74, 6) is -1.76. The Morgan fingerprint density at radius 2 is 1.86 bits per heavy atom. The monoisotopic (exact) mass is 310 g/mol. The topological polar surface area (TPSA) is 41.1 Å². The summed E-state index contributed by atoms with van der Waals surface area (Å²) in [7, 11) is 0. The molecule has 2 aromatic rings. The first-order valence-electron chi connectivity index (χ1n) is 6.20. The summed E-state index contributed by atoms with van der Waals surface area (Å²) in [6.07, 6.45) is 0. The fourth-order valence-corrected chi connectivity index (χ4v) is 2.00. The van der Waals surface area contributed by atoms with E-state index in [1.165, 1.54) is 6.07 Å². The van der Waals surface area contributed by atoms with Crippen molar-refractivity contribution < 1.29 is 13.6 Å². The number of carbonyl (C=O) groups is 1. The molecule has 0 saturated heterocycles. The van der Waals surface area contributed by atoms with E-state index in [-0.39, 0.29) is 18.1 Å². The van der Waals surface area contributed by atoms with Crippen LogP contribution in [0.3, 0.4) is 0 Å². The molecule has 3 nitrogen and oxygen atoms in total. The summed E-state index contributed by atoms with van der Waals surface area (Å²) < 4.78 is 26.1. The van der Waals surface area contributed by atoms with Crippen LogP contribution < -0.4 is 10.6 Å². The molecule has 1 amide bonds. The molecule has 0 fully saturated rings. The van der Waals surface area contributed by atoms with Gasteiger partial charge in [0.1, 0.15) is 11.6 Å². The minimum atomic E-state index is -0.745. The Morgan fingerprint density at radius 1 is 1.14 bits per heavy atom. The first kappa shape index (κ1) is 15.3. The van der Waals surface area contributed by atoms with Gasteiger partial charge in [-0.25, -0.2) is 8.78 Å². The smallest absolute Gasteiger partial charge is 0.243 e. The fraction of sp³-hybridized carbons (Fsp3) is 0.133. The third kappa shape index (κ3) is 4.16. The number of nitrogens with one attached hydrogen (secondary N) is 2. The summed E-state index contributed by atoms with van der Waals surface area (Å²) in [6, 6.07) is 8.19. The van der Waals surface area contributed by atoms with Gasteiger partial charge in [-0.05, 0) is 42.8 Å². The predicted molar refractivity (Wildman–Crippen MR) is 79.7 cm³/mol. The number of benzene rings is 2. The van der Waals surface area contributed by atoms with Crippen molar-refractivity contribution in [2.75, 3.05) is 17.2 Å². The van der Waals surface area contributed by atoms with Crippen LogP contribution in [0, 0.1) is 18.6 Å². The van der Waals surface area contributed by atoms with Gasteiger partial charge in [-0.15, -0.1) is 0 Å². The Hall–Kier alpha value is -2.14. The van der Waals surface area contributed by atoms with Crippen LogP contribution in [0.2, 0.25) is 5.02 Å². The second-order valence-corrected chi connectivity index (χ2v) is 4.92. The van der Waals surface area contributed by atoms with Crippen LogP contribution in [0.25, 0.3) is 0 Å². The van der Waals surface area contributed by atoms with Crippen LogP contribution in [0.15, 0.2) is 36.4 Å². The highest BCUT2D eigenvalue weighted by molar-refractivity contribution is 6.30. The standard InChI is InChI=1S/C15H13ClF2N2O/c1-9-6-10(16)2-4-13(9)20-15(21)8-19-14-5-3-11(17)7-12(14)18/h2-7,19H,8H2,1H3,(H,20,21). The Morgan fingerprint density at radius 3 is 2.52 bits per heavy atom. The molecule has 2 aromatic carbocycles. The molecule has 0 unspecified atom stereocenters. The first-order valence-corrected chi connectivity index (χ1v) is 6.58. The summed E-state index contributed by atoms with van der Waals surface area (Å²) in [6.45, 7) is 1.68. The van der Waals surface area contributed by atoms with Crippen molar-refractivity contribution in [2.24, 2.45) is 0 Å². The number of hydrogen-bond acceptors (Lipinski definition) is 2. The van der Waals surface area contributed by atoms with Crippen molar-refractivity contribution in [3.8, 4) is 0 Å². The lowest BCUT2D eigenvalue weighted by atomic mass is 10.2. The average Bonchev–Trinajstić information content (AvgIpc) is 2.41. The van der Waals surface area contributed by atoms with Gasteiger partial charge < -0.3 is 10.6 Å². The second-order valence-electron chi connectivity index (χ2n) is 4.49. The zero-order valence-electron chi connectivity index (χ0n) is 11.2. The summed E-state index contributed by atoms with van der Waals surface area (Å²) in [4.78, 5) is 11.8. The first-order chi connectivity index (χ1) is 9.95. The van der Waals surface area contributed by atoms with Gasteiger partial charge in [0.05, 0.1) is 12.2 Å². The molecule has 0 atom stereocenters.